The average molecular weight is 392 g/mol. The molecule has 0 aliphatic heterocycles. The summed E-state index contributed by atoms with van der Waals surface area (Å²) in [5.74, 6) is 0.0926. The molecular weight excluding hydrogens is 383 g/mol. The van der Waals surface area contributed by atoms with E-state index in [4.69, 9.17) is 0 Å². The van der Waals surface area contributed by atoms with Crippen molar-refractivity contribution in [2.24, 2.45) is 0 Å². The second-order valence-corrected chi connectivity index (χ2v) is 13.3. The van der Waals surface area contributed by atoms with Crippen LogP contribution in [0.1, 0.15) is 6.92 Å². The minimum absolute atomic E-state index is 0.0926. The summed E-state index contributed by atoms with van der Waals surface area (Å²) in [7, 11) is 4.08. The van der Waals surface area contributed by atoms with E-state index in [0.717, 1.165) is 0 Å². The Kier molecular flexibility index (Phi) is 13.9. The monoisotopic (exact) mass is 392 g/mol. The van der Waals surface area contributed by atoms with Crippen molar-refractivity contribution in [2.75, 3.05) is 14.1 Å². The molecule has 0 aromatic rings. The van der Waals surface area contributed by atoms with E-state index in [0.29, 0.717) is 9.47 Å². The Morgan fingerprint density at radius 1 is 1.44 bits per heavy atom. The van der Waals surface area contributed by atoms with Crippen LogP contribution in [0.25, 0.3) is 0 Å². The third-order valence-electron chi connectivity index (χ3n) is 0.630. The first kappa shape index (κ1) is 13.1. The van der Waals surface area contributed by atoms with Crippen LogP contribution in [-0.4, -0.2) is 24.9 Å². The van der Waals surface area contributed by atoms with Crippen molar-refractivity contribution < 1.29 is 14.3 Å². The molecular formula is C4H9I2NOV. The quantitative estimate of drug-likeness (QED) is 0.577. The molecule has 0 atom stereocenters. The Hall–Kier alpha value is 1.51. The molecule has 0 aromatic heterocycles. The van der Waals surface area contributed by atoms with Gasteiger partial charge in [-0.2, -0.15) is 0 Å². The van der Waals surface area contributed by atoms with E-state index in [-0.39, 0.29) is 5.91 Å². The molecule has 0 radical (unpaired) electrons. The van der Waals surface area contributed by atoms with Crippen molar-refractivity contribution in [2.45, 2.75) is 6.92 Å². The second-order valence-electron chi connectivity index (χ2n) is 1.48. The number of amides is 1. The first-order valence-electron chi connectivity index (χ1n) is 2.16. The average Bonchev–Trinajstić information content (AvgIpc) is 1.68. The molecule has 0 aromatic carbocycles. The number of nitrogens with zero attached hydrogens (tertiary/aromatic N) is 1. The summed E-state index contributed by atoms with van der Waals surface area (Å²) in [5, 5.41) is 0. The van der Waals surface area contributed by atoms with Gasteiger partial charge in [-0.3, -0.25) is 4.79 Å². The molecule has 0 N–H and O–H groups in total. The molecule has 0 rings (SSSR count). The molecule has 0 bridgehead atoms. The Balaban J connectivity index is 0. The zero-order valence-electron chi connectivity index (χ0n) is 5.56. The normalized spacial score (nSPS) is 6.78. The van der Waals surface area contributed by atoms with Gasteiger partial charge in [-0.05, 0) is 0 Å². The molecule has 2 nitrogen and oxygen atoms in total. The molecule has 0 saturated heterocycles. The molecule has 0 heterocycles. The summed E-state index contributed by atoms with van der Waals surface area (Å²) in [5.41, 5.74) is 0. The van der Waals surface area contributed by atoms with Crippen LogP contribution in [0.5, 0.6) is 0 Å². The SMILES string of the molecule is CC(=O)N(C)C.[I][V][I]. The Labute approximate surface area is 85.0 Å². The van der Waals surface area contributed by atoms with Crippen LogP contribution in [0.3, 0.4) is 0 Å². The van der Waals surface area contributed by atoms with Gasteiger partial charge in [-0.25, -0.2) is 0 Å². The van der Waals surface area contributed by atoms with Gasteiger partial charge in [0.05, 0.1) is 0 Å². The first-order chi connectivity index (χ1) is 4.06. The minimum atomic E-state index is 0.0926. The molecule has 0 spiro atoms. The fraction of sp³-hybridized carbons (Fsp3) is 0.750. The summed E-state index contributed by atoms with van der Waals surface area (Å²) in [6.07, 6.45) is 0. The zero-order chi connectivity index (χ0) is 7.86. The van der Waals surface area contributed by atoms with Crippen molar-refractivity contribution in [3.63, 3.8) is 0 Å². The molecule has 5 heteroatoms. The van der Waals surface area contributed by atoms with E-state index in [1.54, 1.807) is 14.1 Å². The van der Waals surface area contributed by atoms with Gasteiger partial charge in [0.15, 0.2) is 0 Å². The summed E-state index contributed by atoms with van der Waals surface area (Å²) < 4.78 is 0. The van der Waals surface area contributed by atoms with E-state index < -0.39 is 0 Å². The molecule has 1 amide bonds. The molecule has 0 aliphatic carbocycles. The van der Waals surface area contributed by atoms with Crippen LogP contribution in [0.2, 0.25) is 0 Å². The van der Waals surface area contributed by atoms with Crippen molar-refractivity contribution >= 4 is 45.9 Å². The van der Waals surface area contributed by atoms with Crippen molar-refractivity contribution in [3.8, 4) is 0 Å². The molecule has 9 heavy (non-hydrogen) atoms. The predicted molar refractivity (Wildman–Crippen MR) is 52.4 cm³/mol. The van der Waals surface area contributed by atoms with Crippen LogP contribution in [0, 0.1) is 0 Å². The maximum atomic E-state index is 10.1. The van der Waals surface area contributed by atoms with Gasteiger partial charge in [0, 0.05) is 21.0 Å². The van der Waals surface area contributed by atoms with E-state index in [1.807, 2.05) is 0 Å². The van der Waals surface area contributed by atoms with Gasteiger partial charge in [-0.1, -0.05) is 0 Å². The predicted octanol–water partition coefficient (Wildman–Crippen LogP) is 1.86. The number of halogens is 2. The molecule has 0 saturated carbocycles. The summed E-state index contributed by atoms with van der Waals surface area (Å²) in [6.45, 7) is 1.53. The summed E-state index contributed by atoms with van der Waals surface area (Å²) in [4.78, 5) is 11.6. The molecule has 0 aliphatic rings. The fourth-order valence-corrected chi connectivity index (χ4v) is 0. The van der Waals surface area contributed by atoms with E-state index >= 15 is 0 Å². The number of hydrogen-bond acceptors (Lipinski definition) is 1. The third kappa shape index (κ3) is 17.7. The van der Waals surface area contributed by atoms with Crippen LogP contribution >= 0.6 is 40.0 Å². The first-order valence-corrected chi connectivity index (χ1v) is 11.2. The summed E-state index contributed by atoms with van der Waals surface area (Å²) in [6, 6.07) is 0. The van der Waals surface area contributed by atoms with Gasteiger partial charge < -0.3 is 4.90 Å². The van der Waals surface area contributed by atoms with Gasteiger partial charge >= 0.3 is 49.4 Å². The number of carbonyl (C=O) groups excluding carboxylic acids is 1. The maximum absolute atomic E-state index is 10.1. The fourth-order valence-electron chi connectivity index (χ4n) is 0. The van der Waals surface area contributed by atoms with Crippen molar-refractivity contribution in [1.29, 1.82) is 0 Å². The Morgan fingerprint density at radius 3 is 1.56 bits per heavy atom. The Morgan fingerprint density at radius 2 is 1.56 bits per heavy atom. The van der Waals surface area contributed by atoms with Crippen LogP contribution in [0.4, 0.5) is 0 Å². The van der Waals surface area contributed by atoms with Crippen molar-refractivity contribution in [3.05, 3.63) is 0 Å². The molecule has 0 fully saturated rings. The second kappa shape index (κ2) is 9.51. The summed E-state index contributed by atoms with van der Waals surface area (Å²) >= 11 is 4.74. The van der Waals surface area contributed by atoms with E-state index in [1.165, 1.54) is 11.8 Å². The number of carbonyl (C=O) groups is 1. The van der Waals surface area contributed by atoms with Crippen LogP contribution < -0.4 is 0 Å². The topological polar surface area (TPSA) is 20.3 Å². The van der Waals surface area contributed by atoms with E-state index in [9.17, 15) is 4.79 Å². The third-order valence-corrected chi connectivity index (χ3v) is 0.630. The van der Waals surface area contributed by atoms with Gasteiger partial charge in [0.25, 0.3) is 0 Å². The van der Waals surface area contributed by atoms with Crippen molar-refractivity contribution in [1.82, 2.24) is 4.90 Å². The van der Waals surface area contributed by atoms with Gasteiger partial charge in [0.2, 0.25) is 5.91 Å². The van der Waals surface area contributed by atoms with Crippen LogP contribution in [-0.2, 0) is 14.3 Å². The standard InChI is InChI=1S/C4H9NO.2HI.V/c1-4(6)5(2)3;;;/h1-3H3;2*1H;/q;;;+2/p-2. The Bertz CT molecular complexity index is 79.0. The zero-order valence-corrected chi connectivity index (χ0v) is 11.3. The van der Waals surface area contributed by atoms with Gasteiger partial charge in [0.1, 0.15) is 0 Å². The molecule has 0 unspecified atom stereocenters. The van der Waals surface area contributed by atoms with E-state index in [2.05, 4.69) is 40.0 Å². The molecule has 55 valence electrons. The van der Waals surface area contributed by atoms with Crippen LogP contribution in [0.15, 0.2) is 0 Å². The van der Waals surface area contributed by atoms with Gasteiger partial charge in [-0.15, -0.1) is 0 Å². The number of rotatable bonds is 0. The number of hydrogen-bond donors (Lipinski definition) is 0.